The minimum absolute atomic E-state index is 0.0822. The first kappa shape index (κ1) is 14.6. The normalized spacial score (nSPS) is 24.3. The van der Waals surface area contributed by atoms with E-state index in [2.05, 4.69) is 43.0 Å². The first-order valence-electron chi connectivity index (χ1n) is 7.16. The Hall–Kier alpha value is -0.830. The molecule has 1 aromatic rings. The van der Waals surface area contributed by atoms with Crippen LogP contribution in [0.5, 0.6) is 0 Å². The highest BCUT2D eigenvalue weighted by Gasteiger charge is 2.22. The summed E-state index contributed by atoms with van der Waals surface area (Å²) in [6.45, 7) is 8.63. The Morgan fingerprint density at radius 2 is 2.00 bits per heavy atom. The van der Waals surface area contributed by atoms with Gasteiger partial charge in [-0.25, -0.2) is 9.97 Å². The highest BCUT2D eigenvalue weighted by Crippen LogP contribution is 2.27. The summed E-state index contributed by atoms with van der Waals surface area (Å²) < 4.78 is 0. The van der Waals surface area contributed by atoms with Crippen molar-refractivity contribution in [3.63, 3.8) is 0 Å². The van der Waals surface area contributed by atoms with Crippen molar-refractivity contribution in [2.75, 3.05) is 5.32 Å². The van der Waals surface area contributed by atoms with E-state index in [1.54, 1.807) is 0 Å². The van der Waals surface area contributed by atoms with Gasteiger partial charge in [0.25, 0.3) is 0 Å². The van der Waals surface area contributed by atoms with E-state index in [-0.39, 0.29) is 5.41 Å². The van der Waals surface area contributed by atoms with Gasteiger partial charge >= 0.3 is 0 Å². The van der Waals surface area contributed by atoms with Crippen LogP contribution in [0.3, 0.4) is 0 Å². The third kappa shape index (κ3) is 4.07. The molecule has 1 fully saturated rings. The van der Waals surface area contributed by atoms with Gasteiger partial charge in [-0.1, -0.05) is 52.1 Å². The number of nitrogens with one attached hydrogen (secondary N) is 1. The van der Waals surface area contributed by atoms with Gasteiger partial charge in [-0.15, -0.1) is 0 Å². The summed E-state index contributed by atoms with van der Waals surface area (Å²) in [5.74, 6) is 2.46. The molecule has 1 N–H and O–H groups in total. The molecule has 0 aromatic carbocycles. The lowest BCUT2D eigenvalue weighted by Gasteiger charge is -2.28. The predicted octanol–water partition coefficient (Wildman–Crippen LogP) is 4.42. The fourth-order valence-corrected chi connectivity index (χ4v) is 2.78. The highest BCUT2D eigenvalue weighted by atomic mass is 35.5. The quantitative estimate of drug-likeness (QED) is 0.816. The molecule has 19 heavy (non-hydrogen) atoms. The molecule has 0 radical (unpaired) electrons. The molecule has 3 nitrogen and oxygen atoms in total. The predicted molar refractivity (Wildman–Crippen MR) is 80.8 cm³/mol. The lowest BCUT2D eigenvalue weighted by atomic mass is 9.87. The van der Waals surface area contributed by atoms with Gasteiger partial charge in [-0.2, -0.15) is 0 Å². The molecule has 0 spiro atoms. The fraction of sp³-hybridized carbons (Fsp3) is 0.733. The molecule has 2 atom stereocenters. The zero-order chi connectivity index (χ0) is 14.0. The highest BCUT2D eigenvalue weighted by molar-refractivity contribution is 6.29. The van der Waals surface area contributed by atoms with E-state index < -0.39 is 0 Å². The van der Waals surface area contributed by atoms with Gasteiger partial charge < -0.3 is 5.32 Å². The van der Waals surface area contributed by atoms with Crippen molar-refractivity contribution in [2.24, 2.45) is 5.92 Å². The van der Waals surface area contributed by atoms with E-state index >= 15 is 0 Å². The van der Waals surface area contributed by atoms with Crippen LogP contribution in [0.4, 0.5) is 5.82 Å². The van der Waals surface area contributed by atoms with Crippen molar-refractivity contribution >= 4 is 17.4 Å². The van der Waals surface area contributed by atoms with Crippen molar-refractivity contribution in [1.29, 1.82) is 0 Å². The maximum absolute atomic E-state index is 6.11. The van der Waals surface area contributed by atoms with Gasteiger partial charge in [0, 0.05) is 17.5 Å². The Balaban J connectivity index is 2.14. The Labute approximate surface area is 121 Å². The standard InChI is InChI=1S/C15H24ClN3/c1-10-6-5-7-11(8-10)17-13-9-12(16)18-14(19-13)15(2,3)4/h9-11H,5-8H2,1-4H3,(H,17,18,19). The first-order chi connectivity index (χ1) is 8.84. The average Bonchev–Trinajstić information content (AvgIpc) is 2.26. The minimum Gasteiger partial charge on any atom is -0.367 e. The molecule has 4 heteroatoms. The number of anilines is 1. The molecule has 2 unspecified atom stereocenters. The molecule has 106 valence electrons. The summed E-state index contributed by atoms with van der Waals surface area (Å²) in [6, 6.07) is 2.35. The second kappa shape index (κ2) is 5.66. The SMILES string of the molecule is CC1CCCC(Nc2cc(Cl)nc(C(C)(C)C)n2)C1. The molecule has 2 rings (SSSR count). The van der Waals surface area contributed by atoms with Crippen LogP contribution in [-0.4, -0.2) is 16.0 Å². The van der Waals surface area contributed by atoms with Gasteiger partial charge in [0.2, 0.25) is 0 Å². The number of rotatable bonds is 2. The molecule has 0 bridgehead atoms. The maximum Gasteiger partial charge on any atom is 0.137 e. The molecule has 0 amide bonds. The summed E-state index contributed by atoms with van der Waals surface area (Å²) in [7, 11) is 0. The van der Waals surface area contributed by atoms with Gasteiger partial charge in [-0.05, 0) is 18.8 Å². The minimum atomic E-state index is -0.0822. The van der Waals surface area contributed by atoms with Crippen molar-refractivity contribution in [3.8, 4) is 0 Å². The molecule has 1 aliphatic rings. The second-order valence-electron chi connectivity index (χ2n) is 6.76. The first-order valence-corrected chi connectivity index (χ1v) is 7.54. The fourth-order valence-electron chi connectivity index (χ4n) is 2.60. The number of halogens is 1. The topological polar surface area (TPSA) is 37.8 Å². The van der Waals surface area contributed by atoms with E-state index in [4.69, 9.17) is 11.6 Å². The number of hydrogen-bond acceptors (Lipinski definition) is 3. The van der Waals surface area contributed by atoms with Crippen LogP contribution >= 0.6 is 11.6 Å². The van der Waals surface area contributed by atoms with Crippen LogP contribution in [0.15, 0.2) is 6.07 Å². The summed E-state index contributed by atoms with van der Waals surface area (Å²) >= 11 is 6.11. The third-order valence-electron chi connectivity index (χ3n) is 3.65. The molecule has 1 saturated carbocycles. The lowest BCUT2D eigenvalue weighted by Crippen LogP contribution is -2.27. The molecule has 0 aliphatic heterocycles. The second-order valence-corrected chi connectivity index (χ2v) is 7.15. The van der Waals surface area contributed by atoms with Crippen LogP contribution in [0.1, 0.15) is 59.2 Å². The van der Waals surface area contributed by atoms with E-state index in [1.807, 2.05) is 6.07 Å². The zero-order valence-corrected chi connectivity index (χ0v) is 13.1. The lowest BCUT2D eigenvalue weighted by molar-refractivity contribution is 0.358. The van der Waals surface area contributed by atoms with E-state index in [9.17, 15) is 0 Å². The third-order valence-corrected chi connectivity index (χ3v) is 3.85. The molecular formula is C15H24ClN3. The zero-order valence-electron chi connectivity index (χ0n) is 12.3. The number of hydrogen-bond donors (Lipinski definition) is 1. The summed E-state index contributed by atoms with van der Waals surface area (Å²) in [4.78, 5) is 8.94. The van der Waals surface area contributed by atoms with Crippen LogP contribution in [0, 0.1) is 5.92 Å². The van der Waals surface area contributed by atoms with Crippen LogP contribution in [-0.2, 0) is 5.41 Å². The monoisotopic (exact) mass is 281 g/mol. The Morgan fingerprint density at radius 1 is 1.26 bits per heavy atom. The van der Waals surface area contributed by atoms with E-state index in [1.165, 1.54) is 25.7 Å². The van der Waals surface area contributed by atoms with Crippen LogP contribution < -0.4 is 5.32 Å². The van der Waals surface area contributed by atoms with Crippen molar-refractivity contribution in [1.82, 2.24) is 9.97 Å². The molecule has 1 aromatic heterocycles. The van der Waals surface area contributed by atoms with Crippen LogP contribution in [0.25, 0.3) is 0 Å². The Kier molecular flexibility index (Phi) is 4.34. The average molecular weight is 282 g/mol. The molecule has 1 heterocycles. The van der Waals surface area contributed by atoms with Gasteiger partial charge in [0.05, 0.1) is 0 Å². The van der Waals surface area contributed by atoms with E-state index in [0.29, 0.717) is 11.2 Å². The van der Waals surface area contributed by atoms with Gasteiger partial charge in [0.1, 0.15) is 16.8 Å². The molecule has 0 saturated heterocycles. The van der Waals surface area contributed by atoms with Crippen LogP contribution in [0.2, 0.25) is 5.15 Å². The maximum atomic E-state index is 6.11. The largest absolute Gasteiger partial charge is 0.367 e. The number of aromatic nitrogens is 2. The Morgan fingerprint density at radius 3 is 2.63 bits per heavy atom. The van der Waals surface area contributed by atoms with Crippen molar-refractivity contribution in [2.45, 2.75) is 64.8 Å². The summed E-state index contributed by atoms with van der Waals surface area (Å²) in [5, 5.41) is 4.05. The van der Waals surface area contributed by atoms with Crippen molar-refractivity contribution in [3.05, 3.63) is 17.0 Å². The Bertz CT molecular complexity index is 440. The van der Waals surface area contributed by atoms with Crippen molar-refractivity contribution < 1.29 is 0 Å². The molecule has 1 aliphatic carbocycles. The summed E-state index contributed by atoms with van der Waals surface area (Å²) in [6.07, 6.45) is 5.07. The smallest absolute Gasteiger partial charge is 0.137 e. The molecular weight excluding hydrogens is 258 g/mol. The van der Waals surface area contributed by atoms with E-state index in [0.717, 1.165) is 17.6 Å². The van der Waals surface area contributed by atoms with Gasteiger partial charge in [0.15, 0.2) is 0 Å². The summed E-state index contributed by atoms with van der Waals surface area (Å²) in [5.41, 5.74) is -0.0822. The van der Waals surface area contributed by atoms with Gasteiger partial charge in [-0.3, -0.25) is 0 Å². The number of nitrogens with zero attached hydrogens (tertiary/aromatic N) is 2.